The molecule has 0 aromatic heterocycles. The number of alkyl halides is 4. The molecule has 0 spiro atoms. The van der Waals surface area contributed by atoms with E-state index < -0.39 is 9.46 Å². The molecule has 1 aliphatic carbocycles. The summed E-state index contributed by atoms with van der Waals surface area (Å²) in [5.41, 5.74) is -1.62. The third-order valence-corrected chi connectivity index (χ3v) is 4.29. The summed E-state index contributed by atoms with van der Waals surface area (Å²) in [5.74, 6) is 1.17. The summed E-state index contributed by atoms with van der Waals surface area (Å²) in [6.07, 6.45) is 2.38. The van der Waals surface area contributed by atoms with Crippen LogP contribution in [0.4, 0.5) is 4.39 Å². The fourth-order valence-electron chi connectivity index (χ4n) is 2.05. The highest BCUT2D eigenvalue weighted by Gasteiger charge is 2.51. The molecule has 0 bridgehead atoms. The van der Waals surface area contributed by atoms with Crippen molar-refractivity contribution in [2.24, 2.45) is 11.8 Å². The minimum absolute atomic E-state index is 0.367. The van der Waals surface area contributed by atoms with E-state index in [0.717, 1.165) is 12.8 Å². The summed E-state index contributed by atoms with van der Waals surface area (Å²) in [6, 6.07) is 0. The second-order valence-corrected chi connectivity index (χ2v) is 6.83. The second kappa shape index (κ2) is 4.35. The summed E-state index contributed by atoms with van der Waals surface area (Å²) in [7, 11) is 0. The Morgan fingerprint density at radius 3 is 1.93 bits per heavy atom. The predicted molar refractivity (Wildman–Crippen MR) is 60.9 cm³/mol. The third kappa shape index (κ3) is 2.68. The first-order valence-corrected chi connectivity index (χ1v) is 6.15. The lowest BCUT2D eigenvalue weighted by molar-refractivity contribution is 0.0749. The maximum atomic E-state index is 14.1. The summed E-state index contributed by atoms with van der Waals surface area (Å²) in [6.45, 7) is 4.32. The van der Waals surface area contributed by atoms with E-state index in [1.54, 1.807) is 0 Å². The largest absolute Gasteiger partial charge is 0.239 e. The van der Waals surface area contributed by atoms with Gasteiger partial charge in [-0.05, 0) is 37.5 Å². The lowest BCUT2D eigenvalue weighted by Gasteiger charge is -2.39. The van der Waals surface area contributed by atoms with Crippen LogP contribution < -0.4 is 0 Å². The Morgan fingerprint density at radius 1 is 1.21 bits per heavy atom. The molecule has 0 heterocycles. The number of hydrogen-bond acceptors (Lipinski definition) is 0. The van der Waals surface area contributed by atoms with Crippen molar-refractivity contribution in [1.82, 2.24) is 0 Å². The fraction of sp³-hybridized carbons (Fsp3) is 1.00. The van der Waals surface area contributed by atoms with Gasteiger partial charge in [0.15, 0.2) is 5.67 Å². The van der Waals surface area contributed by atoms with E-state index in [0.29, 0.717) is 24.7 Å². The molecule has 0 N–H and O–H groups in total. The molecule has 0 radical (unpaired) electrons. The lowest BCUT2D eigenvalue weighted by Crippen LogP contribution is -2.42. The van der Waals surface area contributed by atoms with Gasteiger partial charge in [0.1, 0.15) is 0 Å². The summed E-state index contributed by atoms with van der Waals surface area (Å²) >= 11 is 16.9. The molecule has 0 aromatic rings. The van der Waals surface area contributed by atoms with Gasteiger partial charge in [0.05, 0.1) is 0 Å². The highest BCUT2D eigenvalue weighted by Crippen LogP contribution is 2.51. The van der Waals surface area contributed by atoms with Gasteiger partial charge in [0.25, 0.3) is 0 Å². The Bertz CT molecular complexity index is 190. The molecule has 84 valence electrons. The van der Waals surface area contributed by atoms with Gasteiger partial charge in [-0.15, -0.1) is 0 Å². The second-order valence-electron chi connectivity index (χ2n) is 4.54. The van der Waals surface area contributed by atoms with E-state index >= 15 is 0 Å². The van der Waals surface area contributed by atoms with Crippen LogP contribution >= 0.6 is 34.8 Å². The van der Waals surface area contributed by atoms with Crippen LogP contribution in [0.1, 0.15) is 39.5 Å². The molecular formula is C10H16Cl3F. The van der Waals surface area contributed by atoms with Crippen LogP contribution in [0.15, 0.2) is 0 Å². The SMILES string of the molecule is CC(C)C1CCC(F)(C(Cl)(Cl)Cl)CC1. The van der Waals surface area contributed by atoms with Crippen LogP contribution in [0.5, 0.6) is 0 Å². The van der Waals surface area contributed by atoms with Crippen molar-refractivity contribution in [3.63, 3.8) is 0 Å². The van der Waals surface area contributed by atoms with E-state index in [4.69, 9.17) is 34.8 Å². The molecule has 0 nitrogen and oxygen atoms in total. The van der Waals surface area contributed by atoms with Crippen molar-refractivity contribution in [1.29, 1.82) is 0 Å². The molecule has 1 rings (SSSR count). The molecule has 1 fully saturated rings. The van der Waals surface area contributed by atoms with Crippen LogP contribution in [0.3, 0.4) is 0 Å². The van der Waals surface area contributed by atoms with Gasteiger partial charge in [-0.1, -0.05) is 48.7 Å². The van der Waals surface area contributed by atoms with Gasteiger partial charge >= 0.3 is 0 Å². The van der Waals surface area contributed by atoms with Gasteiger partial charge in [-0.2, -0.15) is 0 Å². The van der Waals surface area contributed by atoms with E-state index in [1.165, 1.54) is 0 Å². The highest BCUT2D eigenvalue weighted by atomic mass is 35.6. The van der Waals surface area contributed by atoms with Crippen molar-refractivity contribution in [2.75, 3.05) is 0 Å². The monoisotopic (exact) mass is 260 g/mol. The maximum absolute atomic E-state index is 14.1. The standard InChI is InChI=1S/C10H16Cl3F/c1-7(2)8-3-5-9(14,6-4-8)10(11,12)13/h7-8H,3-6H2,1-2H3. The molecule has 0 saturated heterocycles. The van der Waals surface area contributed by atoms with Crippen LogP contribution in [0.2, 0.25) is 0 Å². The van der Waals surface area contributed by atoms with E-state index in [1.807, 2.05) is 0 Å². The molecule has 0 unspecified atom stereocenters. The maximum Gasteiger partial charge on any atom is 0.224 e. The van der Waals surface area contributed by atoms with Crippen LogP contribution in [-0.2, 0) is 0 Å². The van der Waals surface area contributed by atoms with Crippen molar-refractivity contribution in [3.8, 4) is 0 Å². The smallest absolute Gasteiger partial charge is 0.224 e. The molecule has 1 saturated carbocycles. The minimum Gasteiger partial charge on any atom is -0.239 e. The molecule has 1 aliphatic rings. The number of rotatable bonds is 1. The quantitative estimate of drug-likeness (QED) is 0.588. The molecule has 14 heavy (non-hydrogen) atoms. The average molecular weight is 262 g/mol. The van der Waals surface area contributed by atoms with Gasteiger partial charge in [0, 0.05) is 0 Å². The lowest BCUT2D eigenvalue weighted by atomic mass is 9.76. The summed E-state index contributed by atoms with van der Waals surface area (Å²) in [4.78, 5) is 0. The zero-order valence-electron chi connectivity index (χ0n) is 8.49. The van der Waals surface area contributed by atoms with Gasteiger partial charge in [0.2, 0.25) is 3.79 Å². The van der Waals surface area contributed by atoms with Crippen molar-refractivity contribution < 1.29 is 4.39 Å². The average Bonchev–Trinajstić information content (AvgIpc) is 2.03. The summed E-state index contributed by atoms with van der Waals surface area (Å²) < 4.78 is 12.4. The zero-order chi connectivity index (χ0) is 11.0. The molecule has 0 aromatic carbocycles. The Morgan fingerprint density at radius 2 is 1.64 bits per heavy atom. The van der Waals surface area contributed by atoms with Crippen molar-refractivity contribution >= 4 is 34.8 Å². The van der Waals surface area contributed by atoms with Crippen molar-refractivity contribution in [2.45, 2.75) is 49.0 Å². The topological polar surface area (TPSA) is 0 Å². The first-order chi connectivity index (χ1) is 6.26. The third-order valence-electron chi connectivity index (χ3n) is 3.27. The predicted octanol–water partition coefficient (Wildman–Crippen LogP) is 4.91. The molecule has 4 heteroatoms. The van der Waals surface area contributed by atoms with E-state index in [-0.39, 0.29) is 0 Å². The molecular weight excluding hydrogens is 245 g/mol. The summed E-state index contributed by atoms with van der Waals surface area (Å²) in [5, 5.41) is 0. The molecule has 0 atom stereocenters. The van der Waals surface area contributed by atoms with Crippen molar-refractivity contribution in [3.05, 3.63) is 0 Å². The van der Waals surface area contributed by atoms with Crippen LogP contribution in [0.25, 0.3) is 0 Å². The Hall–Kier alpha value is 0.800. The van der Waals surface area contributed by atoms with Crippen LogP contribution in [-0.4, -0.2) is 9.46 Å². The number of halogens is 4. The Labute approximate surface area is 100 Å². The fourth-order valence-corrected chi connectivity index (χ4v) is 2.61. The Balaban J connectivity index is 2.58. The van der Waals surface area contributed by atoms with E-state index in [2.05, 4.69) is 13.8 Å². The normalized spacial score (nSPS) is 34.9. The van der Waals surface area contributed by atoms with Crippen LogP contribution in [0, 0.1) is 11.8 Å². The molecule has 0 amide bonds. The van der Waals surface area contributed by atoms with Gasteiger partial charge in [-0.3, -0.25) is 0 Å². The first-order valence-electron chi connectivity index (χ1n) is 5.02. The highest BCUT2D eigenvalue weighted by molar-refractivity contribution is 6.68. The first kappa shape index (κ1) is 12.9. The van der Waals surface area contributed by atoms with E-state index in [9.17, 15) is 4.39 Å². The number of hydrogen-bond donors (Lipinski definition) is 0. The van der Waals surface area contributed by atoms with Gasteiger partial charge < -0.3 is 0 Å². The Kier molecular flexibility index (Phi) is 4.00. The minimum atomic E-state index is -1.77. The molecule has 0 aliphatic heterocycles. The zero-order valence-corrected chi connectivity index (χ0v) is 10.8. The van der Waals surface area contributed by atoms with Gasteiger partial charge in [-0.25, -0.2) is 4.39 Å².